The standard InChI is InChI=1S/C19H30N4O2/c1-21-10-11-22(15-17-4-3-8-20-14-17)16-19(21)6-5-18(24)23(9-7-19)12-13-25-2/h3-4,8,14H,5-7,9-13,15-16H2,1-2H3/t19-/m1/s1. The Kier molecular flexibility index (Phi) is 6.04. The van der Waals surface area contributed by atoms with E-state index < -0.39 is 0 Å². The Morgan fingerprint density at radius 2 is 2.16 bits per heavy atom. The quantitative estimate of drug-likeness (QED) is 0.803. The number of carbonyl (C=O) groups is 1. The Hall–Kier alpha value is -1.50. The first-order valence-electron chi connectivity index (χ1n) is 9.22. The van der Waals surface area contributed by atoms with Crippen LogP contribution in [-0.4, -0.2) is 84.6 Å². The monoisotopic (exact) mass is 346 g/mol. The first-order chi connectivity index (χ1) is 12.1. The number of carbonyl (C=O) groups excluding carboxylic acids is 1. The third-order valence-electron chi connectivity index (χ3n) is 5.78. The maximum absolute atomic E-state index is 12.5. The average Bonchev–Trinajstić information content (AvgIpc) is 2.78. The molecular weight excluding hydrogens is 316 g/mol. The molecule has 6 nitrogen and oxygen atoms in total. The van der Waals surface area contributed by atoms with Gasteiger partial charge < -0.3 is 9.64 Å². The van der Waals surface area contributed by atoms with Crippen molar-refractivity contribution in [1.82, 2.24) is 19.7 Å². The molecule has 3 rings (SSSR count). The fourth-order valence-electron chi connectivity index (χ4n) is 4.10. The van der Waals surface area contributed by atoms with Crippen molar-refractivity contribution in [3.8, 4) is 0 Å². The zero-order valence-corrected chi connectivity index (χ0v) is 15.5. The van der Waals surface area contributed by atoms with E-state index in [-0.39, 0.29) is 11.4 Å². The number of aromatic nitrogens is 1. The van der Waals surface area contributed by atoms with E-state index in [4.69, 9.17) is 4.74 Å². The number of rotatable bonds is 5. The molecule has 138 valence electrons. The van der Waals surface area contributed by atoms with Crippen molar-refractivity contribution in [2.45, 2.75) is 31.3 Å². The van der Waals surface area contributed by atoms with E-state index in [9.17, 15) is 4.79 Å². The van der Waals surface area contributed by atoms with Crippen molar-refractivity contribution in [3.63, 3.8) is 0 Å². The second-order valence-electron chi connectivity index (χ2n) is 7.34. The number of pyridine rings is 1. The predicted octanol–water partition coefficient (Wildman–Crippen LogP) is 1.23. The van der Waals surface area contributed by atoms with E-state index >= 15 is 0 Å². The molecule has 0 unspecified atom stereocenters. The summed E-state index contributed by atoms with van der Waals surface area (Å²) in [4.78, 5) is 23.7. The van der Waals surface area contributed by atoms with E-state index in [1.54, 1.807) is 7.11 Å². The van der Waals surface area contributed by atoms with E-state index in [0.717, 1.165) is 45.6 Å². The van der Waals surface area contributed by atoms with Crippen LogP contribution in [0.15, 0.2) is 24.5 Å². The van der Waals surface area contributed by atoms with Gasteiger partial charge in [-0.2, -0.15) is 0 Å². The van der Waals surface area contributed by atoms with Gasteiger partial charge in [-0.3, -0.25) is 19.6 Å². The number of hydrogen-bond donors (Lipinski definition) is 0. The molecule has 1 amide bonds. The van der Waals surface area contributed by atoms with Crippen molar-refractivity contribution in [2.75, 3.05) is 53.5 Å². The van der Waals surface area contributed by atoms with Gasteiger partial charge in [0, 0.05) is 70.7 Å². The lowest BCUT2D eigenvalue weighted by atomic mass is 9.86. The Bertz CT molecular complexity index is 568. The Labute approximate surface area is 150 Å². The molecule has 2 aliphatic heterocycles. The zero-order valence-electron chi connectivity index (χ0n) is 15.5. The van der Waals surface area contributed by atoms with Gasteiger partial charge in [0.15, 0.2) is 0 Å². The van der Waals surface area contributed by atoms with Crippen molar-refractivity contribution in [2.24, 2.45) is 0 Å². The smallest absolute Gasteiger partial charge is 0.222 e. The van der Waals surface area contributed by atoms with Crippen LogP contribution in [0.3, 0.4) is 0 Å². The van der Waals surface area contributed by atoms with Crippen LogP contribution in [0.2, 0.25) is 0 Å². The summed E-state index contributed by atoms with van der Waals surface area (Å²) in [7, 11) is 3.91. The molecule has 0 aromatic carbocycles. The summed E-state index contributed by atoms with van der Waals surface area (Å²) in [6.45, 7) is 6.21. The molecule has 0 N–H and O–H groups in total. The van der Waals surface area contributed by atoms with Crippen molar-refractivity contribution >= 4 is 5.91 Å². The summed E-state index contributed by atoms with van der Waals surface area (Å²) in [6, 6.07) is 4.14. The van der Waals surface area contributed by atoms with E-state index in [0.29, 0.717) is 19.6 Å². The number of nitrogens with zero attached hydrogens (tertiary/aromatic N) is 4. The number of methoxy groups -OCH3 is 1. The Morgan fingerprint density at radius 3 is 2.92 bits per heavy atom. The largest absolute Gasteiger partial charge is 0.383 e. The minimum Gasteiger partial charge on any atom is -0.383 e. The van der Waals surface area contributed by atoms with Gasteiger partial charge in [-0.05, 0) is 31.5 Å². The number of piperazine rings is 1. The lowest BCUT2D eigenvalue weighted by Gasteiger charge is -2.49. The molecule has 3 heterocycles. The highest BCUT2D eigenvalue weighted by molar-refractivity contribution is 5.76. The normalized spacial score (nSPS) is 26.2. The second-order valence-corrected chi connectivity index (χ2v) is 7.34. The van der Waals surface area contributed by atoms with Gasteiger partial charge in [0.2, 0.25) is 5.91 Å². The fraction of sp³-hybridized carbons (Fsp3) is 0.684. The lowest BCUT2D eigenvalue weighted by Crippen LogP contribution is -2.60. The third-order valence-corrected chi connectivity index (χ3v) is 5.78. The predicted molar refractivity (Wildman–Crippen MR) is 97.2 cm³/mol. The summed E-state index contributed by atoms with van der Waals surface area (Å²) in [6.07, 6.45) is 6.38. The van der Waals surface area contributed by atoms with Crippen LogP contribution < -0.4 is 0 Å². The molecule has 0 radical (unpaired) electrons. The number of hydrogen-bond acceptors (Lipinski definition) is 5. The van der Waals surface area contributed by atoms with Crippen molar-refractivity contribution in [3.05, 3.63) is 30.1 Å². The van der Waals surface area contributed by atoms with Crippen LogP contribution in [-0.2, 0) is 16.1 Å². The van der Waals surface area contributed by atoms with Crippen LogP contribution in [0, 0.1) is 0 Å². The van der Waals surface area contributed by atoms with Gasteiger partial charge in [0.25, 0.3) is 0 Å². The number of likely N-dealkylation sites (N-methyl/N-ethyl adjacent to an activating group) is 1. The maximum atomic E-state index is 12.5. The van der Waals surface area contributed by atoms with Gasteiger partial charge in [-0.25, -0.2) is 0 Å². The van der Waals surface area contributed by atoms with Crippen LogP contribution in [0.4, 0.5) is 0 Å². The highest BCUT2D eigenvalue weighted by Gasteiger charge is 2.42. The van der Waals surface area contributed by atoms with Crippen molar-refractivity contribution < 1.29 is 9.53 Å². The summed E-state index contributed by atoms with van der Waals surface area (Å²) < 4.78 is 5.16. The third kappa shape index (κ3) is 4.37. The summed E-state index contributed by atoms with van der Waals surface area (Å²) in [5.74, 6) is 0.270. The molecule has 0 bridgehead atoms. The topological polar surface area (TPSA) is 48.9 Å². The van der Waals surface area contributed by atoms with E-state index in [1.807, 2.05) is 23.4 Å². The van der Waals surface area contributed by atoms with Crippen LogP contribution in [0.1, 0.15) is 24.8 Å². The van der Waals surface area contributed by atoms with Gasteiger partial charge >= 0.3 is 0 Å². The molecule has 1 spiro atoms. The molecule has 2 aliphatic rings. The molecular formula is C19H30N4O2. The van der Waals surface area contributed by atoms with E-state index in [1.165, 1.54) is 5.56 Å². The zero-order chi connectivity index (χ0) is 17.7. The number of likely N-dealkylation sites (tertiary alicyclic amines) is 1. The van der Waals surface area contributed by atoms with Gasteiger partial charge in [0.05, 0.1) is 6.61 Å². The molecule has 0 aliphatic carbocycles. The highest BCUT2D eigenvalue weighted by Crippen LogP contribution is 2.32. The molecule has 6 heteroatoms. The van der Waals surface area contributed by atoms with Gasteiger partial charge in [-0.15, -0.1) is 0 Å². The lowest BCUT2D eigenvalue weighted by molar-refractivity contribution is -0.131. The van der Waals surface area contributed by atoms with Crippen LogP contribution >= 0.6 is 0 Å². The second kappa shape index (κ2) is 8.25. The van der Waals surface area contributed by atoms with Gasteiger partial charge in [-0.1, -0.05) is 6.07 Å². The highest BCUT2D eigenvalue weighted by atomic mass is 16.5. The molecule has 2 fully saturated rings. The first kappa shape index (κ1) is 18.3. The summed E-state index contributed by atoms with van der Waals surface area (Å²) >= 11 is 0. The summed E-state index contributed by atoms with van der Waals surface area (Å²) in [5.41, 5.74) is 1.35. The minimum atomic E-state index is 0.0952. The minimum absolute atomic E-state index is 0.0952. The molecule has 2 saturated heterocycles. The SMILES string of the molecule is COCCN1CC[C@]2(CCC1=O)CN(Cc1cccnc1)CCN2C. The molecule has 1 aromatic rings. The fourth-order valence-corrected chi connectivity index (χ4v) is 4.10. The van der Waals surface area contributed by atoms with Crippen molar-refractivity contribution in [1.29, 1.82) is 0 Å². The average molecular weight is 346 g/mol. The Morgan fingerprint density at radius 1 is 1.28 bits per heavy atom. The number of amides is 1. The van der Waals surface area contributed by atoms with Crippen LogP contribution in [0.25, 0.3) is 0 Å². The first-order valence-corrected chi connectivity index (χ1v) is 9.22. The molecule has 1 atom stereocenters. The van der Waals surface area contributed by atoms with E-state index in [2.05, 4.69) is 27.9 Å². The summed E-state index contributed by atoms with van der Waals surface area (Å²) in [5, 5.41) is 0. The van der Waals surface area contributed by atoms with Crippen LogP contribution in [0.5, 0.6) is 0 Å². The maximum Gasteiger partial charge on any atom is 0.222 e. The molecule has 1 aromatic heterocycles. The Balaban J connectivity index is 1.67. The molecule has 25 heavy (non-hydrogen) atoms. The van der Waals surface area contributed by atoms with Gasteiger partial charge in [0.1, 0.15) is 0 Å². The molecule has 0 saturated carbocycles. The number of ether oxygens (including phenoxy) is 1.